The minimum absolute atomic E-state index is 0.00667. The van der Waals surface area contributed by atoms with E-state index in [9.17, 15) is 19.2 Å². The summed E-state index contributed by atoms with van der Waals surface area (Å²) in [6.45, 7) is -0.332. The molecular formula is C20H22N2O7. The van der Waals surface area contributed by atoms with E-state index in [2.05, 4.69) is 5.32 Å². The highest BCUT2D eigenvalue weighted by Crippen LogP contribution is 2.38. The van der Waals surface area contributed by atoms with Gasteiger partial charge in [0.2, 0.25) is 18.6 Å². The Morgan fingerprint density at radius 2 is 1.76 bits per heavy atom. The molecule has 9 nitrogen and oxygen atoms in total. The van der Waals surface area contributed by atoms with Gasteiger partial charge in [0.05, 0.1) is 18.3 Å². The van der Waals surface area contributed by atoms with Gasteiger partial charge in [0.1, 0.15) is 0 Å². The number of benzene rings is 1. The summed E-state index contributed by atoms with van der Waals surface area (Å²) >= 11 is 0. The molecule has 1 N–H and O–H groups in total. The molecule has 1 aromatic rings. The smallest absolute Gasteiger partial charge is 0.308 e. The van der Waals surface area contributed by atoms with Crippen molar-refractivity contribution < 1.29 is 33.4 Å². The van der Waals surface area contributed by atoms with Crippen molar-refractivity contribution in [1.29, 1.82) is 0 Å². The lowest BCUT2D eigenvalue weighted by molar-refractivity contribution is -0.148. The molecule has 1 aromatic carbocycles. The van der Waals surface area contributed by atoms with Gasteiger partial charge in [-0.05, 0) is 25.0 Å². The monoisotopic (exact) mass is 402 g/mol. The Labute approximate surface area is 167 Å². The SMILES string of the molecule is O=C(COC(=O)CCN1C(=O)[C@@H]2CCCC[C@H]2C1=O)Nc1ccc2c(c1)OCO2. The standard InChI is InChI=1S/C20H22N2O7/c23-17(21-12-5-6-15-16(9-12)29-11-28-15)10-27-18(24)7-8-22-19(25)13-3-1-2-4-14(13)20(22)26/h5-6,9,13-14H,1-4,7-8,10-11H2,(H,21,23)/t13-,14-/m1/s1. The number of nitrogens with zero attached hydrogens (tertiary/aromatic N) is 1. The number of imide groups is 1. The molecule has 0 unspecified atom stereocenters. The zero-order chi connectivity index (χ0) is 20.4. The van der Waals surface area contributed by atoms with Crippen molar-refractivity contribution in [3.05, 3.63) is 18.2 Å². The van der Waals surface area contributed by atoms with Gasteiger partial charge >= 0.3 is 5.97 Å². The van der Waals surface area contributed by atoms with Crippen LogP contribution in [0.3, 0.4) is 0 Å². The number of anilines is 1. The summed E-state index contributed by atoms with van der Waals surface area (Å²) in [6, 6.07) is 4.94. The van der Waals surface area contributed by atoms with Crippen LogP contribution in [0, 0.1) is 11.8 Å². The zero-order valence-electron chi connectivity index (χ0n) is 15.8. The summed E-state index contributed by atoms with van der Waals surface area (Å²) in [5, 5.41) is 2.60. The number of hydrogen-bond acceptors (Lipinski definition) is 7. The van der Waals surface area contributed by atoms with E-state index in [0.29, 0.717) is 17.2 Å². The molecule has 3 amide bonds. The van der Waals surface area contributed by atoms with Crippen molar-refractivity contribution in [2.45, 2.75) is 32.1 Å². The zero-order valence-corrected chi connectivity index (χ0v) is 15.8. The Kier molecular flexibility index (Phi) is 5.37. The van der Waals surface area contributed by atoms with Crippen LogP contribution in [0.1, 0.15) is 32.1 Å². The number of hydrogen-bond donors (Lipinski definition) is 1. The quantitative estimate of drug-likeness (QED) is 0.566. The van der Waals surface area contributed by atoms with Crippen LogP contribution in [0.2, 0.25) is 0 Å². The molecule has 1 aliphatic carbocycles. The lowest BCUT2D eigenvalue weighted by Gasteiger charge is -2.19. The van der Waals surface area contributed by atoms with Crippen molar-refractivity contribution in [2.75, 3.05) is 25.3 Å². The third-order valence-corrected chi connectivity index (χ3v) is 5.49. The van der Waals surface area contributed by atoms with E-state index in [0.717, 1.165) is 25.7 Å². The maximum absolute atomic E-state index is 12.4. The molecule has 1 saturated heterocycles. The second kappa shape index (κ2) is 8.10. The summed E-state index contributed by atoms with van der Waals surface area (Å²) in [5.41, 5.74) is 0.492. The average molecular weight is 402 g/mol. The number of fused-ring (bicyclic) bond motifs is 2. The van der Waals surface area contributed by atoms with E-state index in [1.54, 1.807) is 18.2 Å². The highest BCUT2D eigenvalue weighted by molar-refractivity contribution is 6.05. The fraction of sp³-hybridized carbons (Fsp3) is 0.500. The van der Waals surface area contributed by atoms with Crippen molar-refractivity contribution >= 4 is 29.4 Å². The fourth-order valence-electron chi connectivity index (χ4n) is 4.04. The summed E-state index contributed by atoms with van der Waals surface area (Å²) in [4.78, 5) is 49.9. The molecule has 0 bridgehead atoms. The Balaban J connectivity index is 1.21. The van der Waals surface area contributed by atoms with Crippen LogP contribution < -0.4 is 14.8 Å². The van der Waals surface area contributed by atoms with Crippen LogP contribution in [0.5, 0.6) is 11.5 Å². The molecule has 1 saturated carbocycles. The van der Waals surface area contributed by atoms with Gasteiger partial charge in [0.15, 0.2) is 18.1 Å². The van der Waals surface area contributed by atoms with Crippen molar-refractivity contribution in [3.63, 3.8) is 0 Å². The average Bonchev–Trinajstić information content (AvgIpc) is 3.28. The first-order valence-electron chi connectivity index (χ1n) is 9.73. The molecule has 29 heavy (non-hydrogen) atoms. The van der Waals surface area contributed by atoms with Gasteiger partial charge in [0, 0.05) is 18.3 Å². The predicted molar refractivity (Wildman–Crippen MR) is 98.9 cm³/mol. The second-order valence-electron chi connectivity index (χ2n) is 7.35. The van der Waals surface area contributed by atoms with Crippen LogP contribution in [0.15, 0.2) is 18.2 Å². The Bertz CT molecular complexity index is 829. The van der Waals surface area contributed by atoms with Gasteiger partial charge in [-0.3, -0.25) is 24.1 Å². The van der Waals surface area contributed by atoms with Gasteiger partial charge < -0.3 is 19.5 Å². The van der Waals surface area contributed by atoms with Crippen molar-refractivity contribution in [2.24, 2.45) is 11.8 Å². The topological polar surface area (TPSA) is 111 Å². The molecule has 2 fully saturated rings. The summed E-state index contributed by atoms with van der Waals surface area (Å²) in [6.07, 6.45) is 3.24. The van der Waals surface area contributed by atoms with Crippen LogP contribution in [0.4, 0.5) is 5.69 Å². The molecule has 3 aliphatic rings. The van der Waals surface area contributed by atoms with Gasteiger partial charge in [-0.25, -0.2) is 0 Å². The molecule has 0 spiro atoms. The maximum atomic E-state index is 12.4. The molecule has 4 rings (SSSR count). The Hall–Kier alpha value is -3.10. The lowest BCUT2D eigenvalue weighted by Crippen LogP contribution is -2.33. The van der Waals surface area contributed by atoms with Gasteiger partial charge in [-0.2, -0.15) is 0 Å². The van der Waals surface area contributed by atoms with Gasteiger partial charge in [0.25, 0.3) is 5.91 Å². The number of carbonyl (C=O) groups excluding carboxylic acids is 4. The van der Waals surface area contributed by atoms with E-state index in [1.807, 2.05) is 0 Å². The third-order valence-electron chi connectivity index (χ3n) is 5.49. The minimum Gasteiger partial charge on any atom is -0.456 e. The van der Waals surface area contributed by atoms with Crippen LogP contribution in [-0.2, 0) is 23.9 Å². The Morgan fingerprint density at radius 1 is 1.07 bits per heavy atom. The van der Waals surface area contributed by atoms with E-state index in [4.69, 9.17) is 14.2 Å². The number of amides is 3. The van der Waals surface area contributed by atoms with Crippen LogP contribution >= 0.6 is 0 Å². The lowest BCUT2D eigenvalue weighted by atomic mass is 9.81. The first-order valence-corrected chi connectivity index (χ1v) is 9.73. The van der Waals surface area contributed by atoms with Gasteiger partial charge in [-0.15, -0.1) is 0 Å². The highest BCUT2D eigenvalue weighted by Gasteiger charge is 2.47. The van der Waals surface area contributed by atoms with Crippen LogP contribution in [0.25, 0.3) is 0 Å². The largest absolute Gasteiger partial charge is 0.456 e. The molecule has 154 valence electrons. The molecule has 9 heteroatoms. The number of rotatable bonds is 6. The highest BCUT2D eigenvalue weighted by atomic mass is 16.7. The number of nitrogens with one attached hydrogen (secondary N) is 1. The number of ether oxygens (including phenoxy) is 3. The summed E-state index contributed by atoms with van der Waals surface area (Å²) < 4.78 is 15.4. The predicted octanol–water partition coefficient (Wildman–Crippen LogP) is 1.46. The first kappa shape index (κ1) is 19.2. The minimum atomic E-state index is -0.638. The number of likely N-dealkylation sites (tertiary alicyclic amines) is 1. The van der Waals surface area contributed by atoms with Gasteiger partial charge in [-0.1, -0.05) is 12.8 Å². The van der Waals surface area contributed by atoms with E-state index < -0.39 is 18.5 Å². The van der Waals surface area contributed by atoms with E-state index >= 15 is 0 Å². The molecule has 2 atom stereocenters. The molecule has 2 heterocycles. The molecule has 0 radical (unpaired) electrons. The third kappa shape index (κ3) is 4.03. The fourth-order valence-corrected chi connectivity index (χ4v) is 4.04. The maximum Gasteiger partial charge on any atom is 0.308 e. The van der Waals surface area contributed by atoms with Crippen molar-refractivity contribution in [1.82, 2.24) is 4.90 Å². The second-order valence-corrected chi connectivity index (χ2v) is 7.35. The first-order chi connectivity index (χ1) is 14.0. The van der Waals surface area contributed by atoms with Crippen LogP contribution in [-0.4, -0.2) is 48.5 Å². The Morgan fingerprint density at radius 3 is 2.48 bits per heavy atom. The number of carbonyl (C=O) groups is 4. The molecule has 2 aliphatic heterocycles. The summed E-state index contributed by atoms with van der Waals surface area (Å²) in [7, 11) is 0. The van der Waals surface area contributed by atoms with E-state index in [1.165, 1.54) is 4.90 Å². The number of esters is 1. The van der Waals surface area contributed by atoms with E-state index in [-0.39, 0.29) is 43.4 Å². The molecular weight excluding hydrogens is 380 g/mol. The van der Waals surface area contributed by atoms with Crippen molar-refractivity contribution in [3.8, 4) is 11.5 Å². The normalized spacial score (nSPS) is 22.4. The summed E-state index contributed by atoms with van der Waals surface area (Å²) in [5.74, 6) is -0.862. The molecule has 0 aromatic heterocycles.